The Morgan fingerprint density at radius 2 is 2.26 bits per heavy atom. The summed E-state index contributed by atoms with van der Waals surface area (Å²) in [5.41, 5.74) is 6.04. The Bertz CT molecular complexity index is 474. The summed E-state index contributed by atoms with van der Waals surface area (Å²) >= 11 is 4.78. The topological polar surface area (TPSA) is 68.0 Å². The second-order valence-electron chi connectivity index (χ2n) is 5.86. The van der Waals surface area contributed by atoms with Crippen LogP contribution < -0.4 is 11.1 Å². The van der Waals surface area contributed by atoms with Gasteiger partial charge in [-0.25, -0.2) is 4.98 Å². The molecule has 0 saturated heterocycles. The van der Waals surface area contributed by atoms with E-state index in [-0.39, 0.29) is 23.3 Å². The summed E-state index contributed by atoms with van der Waals surface area (Å²) in [5, 5.41) is 3.57. The van der Waals surface area contributed by atoms with Gasteiger partial charge in [-0.1, -0.05) is 32.1 Å². The predicted octanol–water partition coefficient (Wildman–Crippen LogP) is 3.24. The van der Waals surface area contributed by atoms with E-state index in [0.717, 1.165) is 16.6 Å². The first-order valence-electron chi connectivity index (χ1n) is 6.50. The molecule has 1 aliphatic carbocycles. The standard InChI is InChI=1S/C13H20BrN3OS/c1-7-9(15)5-4-8(13(7,2)3)11(18)17-12-16-6-10(14)19-12/h6-9H,4-5,15H2,1-3H3,(H,16,17,18). The summed E-state index contributed by atoms with van der Waals surface area (Å²) < 4.78 is 0.918. The molecule has 19 heavy (non-hydrogen) atoms. The molecule has 1 saturated carbocycles. The average molecular weight is 346 g/mol. The SMILES string of the molecule is CC1C(N)CCC(C(=O)Nc2ncc(Br)s2)C1(C)C. The number of rotatable bonds is 2. The van der Waals surface area contributed by atoms with Crippen LogP contribution in [0.3, 0.4) is 0 Å². The first-order chi connectivity index (χ1) is 8.82. The Kier molecular flexibility index (Phi) is 4.32. The molecule has 106 valence electrons. The van der Waals surface area contributed by atoms with E-state index >= 15 is 0 Å². The number of nitrogens with two attached hydrogens (primary N) is 1. The molecule has 1 fully saturated rings. The Labute approximate surface area is 126 Å². The smallest absolute Gasteiger partial charge is 0.229 e. The zero-order chi connectivity index (χ0) is 14.2. The highest BCUT2D eigenvalue weighted by Gasteiger charge is 2.45. The van der Waals surface area contributed by atoms with Crippen molar-refractivity contribution in [2.45, 2.75) is 39.7 Å². The van der Waals surface area contributed by atoms with E-state index in [1.807, 2.05) is 0 Å². The molecule has 0 aliphatic heterocycles. The minimum Gasteiger partial charge on any atom is -0.327 e. The molecule has 0 radical (unpaired) electrons. The predicted molar refractivity (Wildman–Crippen MR) is 82.1 cm³/mol. The molecular formula is C13H20BrN3OS. The van der Waals surface area contributed by atoms with Gasteiger partial charge in [0.05, 0.1) is 9.98 Å². The molecule has 0 spiro atoms. The second-order valence-corrected chi connectivity index (χ2v) is 8.27. The Balaban J connectivity index is 2.10. The van der Waals surface area contributed by atoms with Crippen LogP contribution in [0.4, 0.5) is 5.13 Å². The summed E-state index contributed by atoms with van der Waals surface area (Å²) in [5.74, 6) is 0.385. The second kappa shape index (κ2) is 5.50. The number of aromatic nitrogens is 1. The third-order valence-corrected chi connectivity index (χ3v) is 5.92. The van der Waals surface area contributed by atoms with Gasteiger partial charge in [0.15, 0.2) is 5.13 Å². The number of hydrogen-bond acceptors (Lipinski definition) is 4. The van der Waals surface area contributed by atoms with E-state index in [1.54, 1.807) is 6.20 Å². The van der Waals surface area contributed by atoms with Crippen molar-refractivity contribution >= 4 is 38.3 Å². The van der Waals surface area contributed by atoms with Gasteiger partial charge in [0.2, 0.25) is 5.91 Å². The van der Waals surface area contributed by atoms with E-state index < -0.39 is 0 Å². The zero-order valence-electron chi connectivity index (χ0n) is 11.4. The minimum atomic E-state index is -0.0871. The minimum absolute atomic E-state index is 0.00928. The van der Waals surface area contributed by atoms with Crippen LogP contribution in [0.5, 0.6) is 0 Å². The molecule has 3 atom stereocenters. The molecule has 1 heterocycles. The fourth-order valence-corrected chi connectivity index (χ4v) is 3.93. The van der Waals surface area contributed by atoms with Crippen LogP contribution in [0.15, 0.2) is 9.98 Å². The number of anilines is 1. The van der Waals surface area contributed by atoms with E-state index in [4.69, 9.17) is 5.73 Å². The molecule has 0 bridgehead atoms. The van der Waals surface area contributed by atoms with Crippen LogP contribution in [-0.2, 0) is 4.79 Å². The van der Waals surface area contributed by atoms with Gasteiger partial charge in [-0.3, -0.25) is 4.79 Å². The fourth-order valence-electron chi connectivity index (χ4n) is 2.82. The highest BCUT2D eigenvalue weighted by molar-refractivity contribution is 9.11. The van der Waals surface area contributed by atoms with Gasteiger partial charge in [0, 0.05) is 12.0 Å². The van der Waals surface area contributed by atoms with Gasteiger partial charge < -0.3 is 11.1 Å². The average Bonchev–Trinajstić information content (AvgIpc) is 2.71. The maximum absolute atomic E-state index is 12.4. The van der Waals surface area contributed by atoms with Crippen LogP contribution >= 0.6 is 27.3 Å². The van der Waals surface area contributed by atoms with Crippen LogP contribution in [-0.4, -0.2) is 16.9 Å². The summed E-state index contributed by atoms with van der Waals surface area (Å²) in [7, 11) is 0. The largest absolute Gasteiger partial charge is 0.327 e. The molecule has 6 heteroatoms. The van der Waals surface area contributed by atoms with E-state index in [0.29, 0.717) is 11.0 Å². The van der Waals surface area contributed by atoms with Crippen LogP contribution in [0, 0.1) is 17.3 Å². The van der Waals surface area contributed by atoms with Crippen molar-refractivity contribution in [2.75, 3.05) is 5.32 Å². The van der Waals surface area contributed by atoms with Gasteiger partial charge in [0.25, 0.3) is 0 Å². The Morgan fingerprint density at radius 1 is 1.58 bits per heavy atom. The molecule has 1 amide bonds. The Hall–Kier alpha value is -0.460. The van der Waals surface area contributed by atoms with Crippen LogP contribution in [0.1, 0.15) is 33.6 Å². The number of amides is 1. The molecule has 1 aliphatic rings. The number of halogens is 1. The summed E-state index contributed by atoms with van der Waals surface area (Å²) in [6.45, 7) is 6.42. The number of carbonyl (C=O) groups is 1. The lowest BCUT2D eigenvalue weighted by Gasteiger charge is -2.45. The fraction of sp³-hybridized carbons (Fsp3) is 0.692. The van der Waals surface area contributed by atoms with Crippen LogP contribution in [0.2, 0.25) is 0 Å². The summed E-state index contributed by atoms with van der Waals surface area (Å²) in [4.78, 5) is 16.6. The molecule has 3 unspecified atom stereocenters. The van der Waals surface area contributed by atoms with Gasteiger partial charge in [0.1, 0.15) is 0 Å². The lowest BCUT2D eigenvalue weighted by molar-refractivity contribution is -0.127. The van der Waals surface area contributed by atoms with E-state index in [9.17, 15) is 4.79 Å². The number of carbonyl (C=O) groups excluding carboxylic acids is 1. The molecule has 3 N–H and O–H groups in total. The lowest BCUT2D eigenvalue weighted by Crippen LogP contribution is -2.50. The zero-order valence-corrected chi connectivity index (χ0v) is 13.8. The van der Waals surface area contributed by atoms with E-state index in [1.165, 1.54) is 11.3 Å². The number of nitrogens with one attached hydrogen (secondary N) is 1. The third-order valence-electron chi connectivity index (χ3n) is 4.53. The molecule has 2 rings (SSSR count). The van der Waals surface area contributed by atoms with Gasteiger partial charge in [-0.05, 0) is 40.1 Å². The number of thiazole rings is 1. The van der Waals surface area contributed by atoms with Crippen LogP contribution in [0.25, 0.3) is 0 Å². The number of hydrogen-bond donors (Lipinski definition) is 2. The van der Waals surface area contributed by atoms with Crippen molar-refractivity contribution in [3.63, 3.8) is 0 Å². The van der Waals surface area contributed by atoms with Crippen molar-refractivity contribution < 1.29 is 4.79 Å². The van der Waals surface area contributed by atoms with Gasteiger partial charge in [-0.15, -0.1) is 0 Å². The van der Waals surface area contributed by atoms with Crippen molar-refractivity contribution in [1.29, 1.82) is 0 Å². The molecular weight excluding hydrogens is 326 g/mol. The van der Waals surface area contributed by atoms with Gasteiger partial charge >= 0.3 is 0 Å². The van der Waals surface area contributed by atoms with Gasteiger partial charge in [-0.2, -0.15) is 0 Å². The van der Waals surface area contributed by atoms with Crippen molar-refractivity contribution in [3.05, 3.63) is 9.98 Å². The maximum Gasteiger partial charge on any atom is 0.229 e. The highest BCUT2D eigenvalue weighted by atomic mass is 79.9. The maximum atomic E-state index is 12.4. The Morgan fingerprint density at radius 3 is 2.84 bits per heavy atom. The molecule has 1 aromatic heterocycles. The van der Waals surface area contributed by atoms with E-state index in [2.05, 4.69) is 47.0 Å². The first kappa shape index (κ1) is 14.9. The quantitative estimate of drug-likeness (QED) is 0.864. The molecule has 4 nitrogen and oxygen atoms in total. The third kappa shape index (κ3) is 3.01. The first-order valence-corrected chi connectivity index (χ1v) is 8.11. The summed E-state index contributed by atoms with van der Waals surface area (Å²) in [6, 6.07) is 0.188. The van der Waals surface area contributed by atoms with Crippen molar-refractivity contribution in [1.82, 2.24) is 4.98 Å². The molecule has 1 aromatic rings. The summed E-state index contributed by atoms with van der Waals surface area (Å²) in [6.07, 6.45) is 3.45. The highest BCUT2D eigenvalue weighted by Crippen LogP contribution is 2.44. The molecule has 0 aromatic carbocycles. The number of nitrogens with zero attached hydrogens (tertiary/aromatic N) is 1. The van der Waals surface area contributed by atoms with Crippen molar-refractivity contribution in [2.24, 2.45) is 23.0 Å². The van der Waals surface area contributed by atoms with Crippen molar-refractivity contribution in [3.8, 4) is 0 Å². The monoisotopic (exact) mass is 345 g/mol. The normalized spacial score (nSPS) is 30.1. The lowest BCUT2D eigenvalue weighted by atomic mass is 9.61.